The monoisotopic (exact) mass is 429 g/mol. The molecule has 30 heavy (non-hydrogen) atoms. The van der Waals surface area contributed by atoms with Gasteiger partial charge in [-0.15, -0.1) is 4.40 Å². The van der Waals surface area contributed by atoms with Crippen molar-refractivity contribution in [1.29, 1.82) is 0 Å². The van der Waals surface area contributed by atoms with Crippen molar-refractivity contribution in [2.75, 3.05) is 23.9 Å². The number of nitrogens with one attached hydrogen (secondary N) is 1. The van der Waals surface area contributed by atoms with E-state index in [0.717, 1.165) is 0 Å². The number of ether oxygens (including phenoxy) is 1. The fourth-order valence-corrected chi connectivity index (χ4v) is 4.38. The van der Waals surface area contributed by atoms with Gasteiger partial charge in [0.2, 0.25) is 5.91 Å². The largest absolute Gasteiger partial charge is 0.497 e. The highest BCUT2D eigenvalue weighted by molar-refractivity contribution is 7.90. The predicted octanol–water partition coefficient (Wildman–Crippen LogP) is 3.90. The Morgan fingerprint density at radius 1 is 1.10 bits per heavy atom. The normalized spacial score (nSPS) is 15.0. The average Bonchev–Trinajstić information content (AvgIpc) is 2.70. The van der Waals surface area contributed by atoms with Crippen molar-refractivity contribution in [2.45, 2.75) is 32.6 Å². The average molecular weight is 430 g/mol. The minimum absolute atomic E-state index is 0.0852. The third kappa shape index (κ3) is 4.48. The maximum Gasteiger partial charge on any atom is 0.286 e. The van der Waals surface area contributed by atoms with Gasteiger partial charge >= 0.3 is 0 Å². The van der Waals surface area contributed by atoms with Crippen LogP contribution >= 0.6 is 0 Å². The summed E-state index contributed by atoms with van der Waals surface area (Å²) in [6.45, 7) is 8.27. The van der Waals surface area contributed by atoms with Crippen LogP contribution in [-0.4, -0.2) is 33.8 Å². The number of nitrogens with zero attached hydrogens (tertiary/aromatic N) is 2. The SMILES string of the molecule is COc1ccc(C2=NS(=O)(=O)c3cc(NC(=O)C(C)C)ccc3N2CC(C)C)cc1. The van der Waals surface area contributed by atoms with Crippen LogP contribution in [0.15, 0.2) is 51.8 Å². The number of carbonyl (C=O) groups excluding carboxylic acids is 1. The third-order valence-corrected chi connectivity index (χ3v) is 5.97. The number of carbonyl (C=O) groups is 1. The molecule has 0 aliphatic carbocycles. The van der Waals surface area contributed by atoms with Crippen molar-refractivity contribution >= 4 is 33.1 Å². The van der Waals surface area contributed by atoms with Crippen molar-refractivity contribution in [2.24, 2.45) is 16.2 Å². The van der Waals surface area contributed by atoms with E-state index in [-0.39, 0.29) is 22.6 Å². The summed E-state index contributed by atoms with van der Waals surface area (Å²) in [6.07, 6.45) is 0. The van der Waals surface area contributed by atoms with Crippen LogP contribution in [0, 0.1) is 11.8 Å². The maximum absolute atomic E-state index is 13.0. The molecular weight excluding hydrogens is 402 g/mol. The predicted molar refractivity (Wildman–Crippen MR) is 119 cm³/mol. The van der Waals surface area contributed by atoms with Crippen LogP contribution < -0.4 is 15.0 Å². The minimum Gasteiger partial charge on any atom is -0.497 e. The highest BCUT2D eigenvalue weighted by atomic mass is 32.2. The molecule has 0 saturated heterocycles. The Kier molecular flexibility index (Phi) is 6.17. The van der Waals surface area contributed by atoms with E-state index >= 15 is 0 Å². The molecule has 0 spiro atoms. The first kappa shape index (κ1) is 21.8. The first-order chi connectivity index (χ1) is 14.1. The Balaban J connectivity index is 2.10. The van der Waals surface area contributed by atoms with Crippen molar-refractivity contribution in [3.8, 4) is 5.75 Å². The summed E-state index contributed by atoms with van der Waals surface area (Å²) in [7, 11) is -2.36. The smallest absolute Gasteiger partial charge is 0.286 e. The molecule has 2 aromatic rings. The molecule has 0 aromatic heterocycles. The van der Waals surface area contributed by atoms with E-state index in [9.17, 15) is 13.2 Å². The van der Waals surface area contributed by atoms with E-state index in [1.54, 1.807) is 57.4 Å². The molecule has 1 heterocycles. The Labute approximate surface area is 177 Å². The molecule has 1 aliphatic rings. The molecule has 160 valence electrons. The first-order valence-electron chi connectivity index (χ1n) is 9.84. The van der Waals surface area contributed by atoms with Crippen LogP contribution in [0.5, 0.6) is 5.75 Å². The zero-order valence-corrected chi connectivity index (χ0v) is 18.7. The second-order valence-electron chi connectivity index (χ2n) is 7.95. The third-order valence-electron chi connectivity index (χ3n) is 4.68. The first-order valence-corrected chi connectivity index (χ1v) is 11.3. The molecule has 0 radical (unpaired) electrons. The fraction of sp³-hybridized carbons (Fsp3) is 0.364. The highest BCUT2D eigenvalue weighted by Crippen LogP contribution is 2.36. The summed E-state index contributed by atoms with van der Waals surface area (Å²) in [5.41, 5.74) is 1.67. The van der Waals surface area contributed by atoms with Gasteiger partial charge in [0, 0.05) is 23.7 Å². The van der Waals surface area contributed by atoms with E-state index < -0.39 is 10.0 Å². The van der Waals surface area contributed by atoms with Gasteiger partial charge in [0.05, 0.1) is 12.8 Å². The topological polar surface area (TPSA) is 88.1 Å². The van der Waals surface area contributed by atoms with Crippen molar-refractivity contribution < 1.29 is 17.9 Å². The van der Waals surface area contributed by atoms with E-state index in [1.807, 2.05) is 4.90 Å². The quantitative estimate of drug-likeness (QED) is 0.752. The Morgan fingerprint density at radius 2 is 1.77 bits per heavy atom. The summed E-state index contributed by atoms with van der Waals surface area (Å²) in [5.74, 6) is 0.930. The van der Waals surface area contributed by atoms with Crippen LogP contribution in [0.1, 0.15) is 33.3 Å². The molecule has 0 atom stereocenters. The van der Waals surface area contributed by atoms with Crippen molar-refractivity contribution in [1.82, 2.24) is 0 Å². The van der Waals surface area contributed by atoms with Gasteiger partial charge in [0.15, 0.2) is 5.84 Å². The van der Waals surface area contributed by atoms with E-state index in [4.69, 9.17) is 4.74 Å². The molecule has 2 aromatic carbocycles. The Hall–Kier alpha value is -2.87. The molecule has 0 bridgehead atoms. The van der Waals surface area contributed by atoms with Gasteiger partial charge in [0.1, 0.15) is 10.6 Å². The van der Waals surface area contributed by atoms with Crippen LogP contribution in [0.3, 0.4) is 0 Å². The number of hydrogen-bond acceptors (Lipinski definition) is 5. The number of amidine groups is 1. The van der Waals surface area contributed by atoms with Gasteiger partial charge in [-0.3, -0.25) is 4.79 Å². The molecule has 0 saturated carbocycles. The van der Waals surface area contributed by atoms with Crippen LogP contribution in [-0.2, 0) is 14.8 Å². The molecule has 1 N–H and O–H groups in total. The van der Waals surface area contributed by atoms with Gasteiger partial charge in [0.25, 0.3) is 10.0 Å². The number of hydrogen-bond donors (Lipinski definition) is 1. The molecular formula is C22H27N3O4S. The van der Waals surface area contributed by atoms with Gasteiger partial charge < -0.3 is 15.0 Å². The standard InChI is InChI=1S/C22H27N3O4S/c1-14(2)13-25-19-11-8-17(23-22(26)15(3)4)12-20(19)30(27,28)24-21(25)16-6-9-18(29-5)10-7-16/h6-12,14-15H,13H2,1-5H3,(H,23,26). The summed E-state index contributed by atoms with van der Waals surface area (Å²) in [6, 6.07) is 12.1. The van der Waals surface area contributed by atoms with Crippen LogP contribution in [0.2, 0.25) is 0 Å². The van der Waals surface area contributed by atoms with E-state index in [2.05, 4.69) is 23.6 Å². The number of benzene rings is 2. The van der Waals surface area contributed by atoms with E-state index in [1.165, 1.54) is 6.07 Å². The molecule has 8 heteroatoms. The fourth-order valence-electron chi connectivity index (χ4n) is 3.13. The number of methoxy groups -OCH3 is 1. The molecule has 0 unspecified atom stereocenters. The van der Waals surface area contributed by atoms with Gasteiger partial charge in [-0.2, -0.15) is 8.42 Å². The molecule has 7 nitrogen and oxygen atoms in total. The number of sulfonamides is 1. The second kappa shape index (κ2) is 8.47. The number of anilines is 2. The number of fused-ring (bicyclic) bond motifs is 1. The summed E-state index contributed by atoms with van der Waals surface area (Å²) in [5, 5.41) is 2.76. The van der Waals surface area contributed by atoms with Gasteiger partial charge in [-0.25, -0.2) is 0 Å². The summed E-state index contributed by atoms with van der Waals surface area (Å²) in [4.78, 5) is 14.0. The lowest BCUT2D eigenvalue weighted by Gasteiger charge is -2.32. The number of rotatable bonds is 6. The zero-order chi connectivity index (χ0) is 22.1. The molecule has 1 amide bonds. The number of amides is 1. The summed E-state index contributed by atoms with van der Waals surface area (Å²) < 4.78 is 35.4. The maximum atomic E-state index is 13.0. The summed E-state index contributed by atoms with van der Waals surface area (Å²) >= 11 is 0. The lowest BCUT2D eigenvalue weighted by Crippen LogP contribution is -2.39. The molecule has 1 aliphatic heterocycles. The molecule has 0 fully saturated rings. The van der Waals surface area contributed by atoms with E-state index in [0.29, 0.717) is 35.1 Å². The van der Waals surface area contributed by atoms with Crippen LogP contribution in [0.4, 0.5) is 11.4 Å². The van der Waals surface area contributed by atoms with Crippen LogP contribution in [0.25, 0.3) is 0 Å². The lowest BCUT2D eigenvalue weighted by atomic mass is 10.1. The van der Waals surface area contributed by atoms with Crippen molar-refractivity contribution in [3.63, 3.8) is 0 Å². The second-order valence-corrected chi connectivity index (χ2v) is 9.52. The minimum atomic E-state index is -3.94. The lowest BCUT2D eigenvalue weighted by molar-refractivity contribution is -0.118. The Bertz CT molecular complexity index is 1070. The molecule has 3 rings (SSSR count). The van der Waals surface area contributed by atoms with Crippen molar-refractivity contribution in [3.05, 3.63) is 48.0 Å². The van der Waals surface area contributed by atoms with Gasteiger partial charge in [-0.1, -0.05) is 27.7 Å². The van der Waals surface area contributed by atoms with Gasteiger partial charge in [-0.05, 0) is 48.4 Å². The highest BCUT2D eigenvalue weighted by Gasteiger charge is 2.32. The zero-order valence-electron chi connectivity index (χ0n) is 17.8. The Morgan fingerprint density at radius 3 is 2.33 bits per heavy atom.